The molecule has 202 valence electrons. The van der Waals surface area contributed by atoms with Gasteiger partial charge in [0.1, 0.15) is 0 Å². The summed E-state index contributed by atoms with van der Waals surface area (Å²) in [6.45, 7) is 14.5. The second-order valence-electron chi connectivity index (χ2n) is 9.12. The third-order valence-electron chi connectivity index (χ3n) is 5.74. The molecule has 0 bridgehead atoms. The maximum atomic E-state index is 12.0. The molecule has 0 radical (unpaired) electrons. The van der Waals surface area contributed by atoms with Crippen LogP contribution in [0.4, 0.5) is 0 Å². The topological polar surface area (TPSA) is 97.0 Å². The molecule has 0 atom stereocenters. The molecule has 0 saturated carbocycles. The van der Waals surface area contributed by atoms with E-state index >= 15 is 0 Å². The molecule has 0 aliphatic carbocycles. The average Bonchev–Trinajstić information content (AvgIpc) is 2.85. The molecule has 35 heavy (non-hydrogen) atoms. The van der Waals surface area contributed by atoms with Crippen molar-refractivity contribution in [2.45, 2.75) is 44.9 Å². The molecule has 0 aromatic heterocycles. The van der Waals surface area contributed by atoms with Gasteiger partial charge in [-0.2, -0.15) is 0 Å². The highest BCUT2D eigenvalue weighted by atomic mass is 16.2. The molecule has 0 aromatic rings. The third-order valence-corrected chi connectivity index (χ3v) is 5.74. The summed E-state index contributed by atoms with van der Waals surface area (Å²) in [5, 5.41) is 8.56. The number of hydrogen-bond donors (Lipinski definition) is 3. The Labute approximate surface area is 213 Å². The number of unbranched alkanes of at least 4 members (excludes halogenated alkanes) is 2. The van der Waals surface area contributed by atoms with Gasteiger partial charge in [-0.05, 0) is 98.1 Å². The van der Waals surface area contributed by atoms with E-state index in [9.17, 15) is 14.4 Å². The van der Waals surface area contributed by atoms with Crippen LogP contribution in [0, 0.1) is 0 Å². The fourth-order valence-corrected chi connectivity index (χ4v) is 3.50. The predicted molar refractivity (Wildman–Crippen MR) is 144 cm³/mol. The summed E-state index contributed by atoms with van der Waals surface area (Å²) in [5.74, 6) is -0.171. The normalized spacial score (nSPS) is 11.0. The minimum absolute atomic E-state index is 0.0895. The summed E-state index contributed by atoms with van der Waals surface area (Å²) in [4.78, 5) is 41.0. The van der Waals surface area contributed by atoms with E-state index in [4.69, 9.17) is 0 Å². The standard InChI is InChI=1S/C26H50N6O3/c1-6-24(33)27-15-11-20-30(3)18-9-8-10-19-31(4)21-13-17-29-26(35)14-23-32(5)22-12-16-28-25(34)7-2/h6-7H,1-2,8-23H2,3-5H3,(H,27,33)(H,28,34)(H,29,35). The first-order valence-electron chi connectivity index (χ1n) is 12.9. The summed E-state index contributed by atoms with van der Waals surface area (Å²) in [5.41, 5.74) is 0. The van der Waals surface area contributed by atoms with Gasteiger partial charge in [-0.15, -0.1) is 0 Å². The first-order valence-corrected chi connectivity index (χ1v) is 12.9. The van der Waals surface area contributed by atoms with Crippen LogP contribution in [0.3, 0.4) is 0 Å². The van der Waals surface area contributed by atoms with Crippen LogP contribution in [0.2, 0.25) is 0 Å². The summed E-state index contributed by atoms with van der Waals surface area (Å²) in [6, 6.07) is 0. The molecule has 0 aliphatic rings. The van der Waals surface area contributed by atoms with Gasteiger partial charge >= 0.3 is 0 Å². The van der Waals surface area contributed by atoms with E-state index in [2.05, 4.69) is 57.9 Å². The van der Waals surface area contributed by atoms with Gasteiger partial charge in [-0.3, -0.25) is 14.4 Å². The van der Waals surface area contributed by atoms with Crippen molar-refractivity contribution in [3.63, 3.8) is 0 Å². The zero-order chi connectivity index (χ0) is 26.3. The number of nitrogens with one attached hydrogen (secondary N) is 3. The van der Waals surface area contributed by atoms with E-state index in [-0.39, 0.29) is 17.7 Å². The summed E-state index contributed by atoms with van der Waals surface area (Å²) in [7, 11) is 6.25. The molecule has 9 nitrogen and oxygen atoms in total. The predicted octanol–water partition coefficient (Wildman–Crippen LogP) is 1.23. The lowest BCUT2D eigenvalue weighted by molar-refractivity contribution is -0.121. The van der Waals surface area contributed by atoms with Gasteiger partial charge < -0.3 is 30.7 Å². The van der Waals surface area contributed by atoms with E-state index in [1.54, 1.807) is 0 Å². The lowest BCUT2D eigenvalue weighted by Crippen LogP contribution is -2.32. The zero-order valence-electron chi connectivity index (χ0n) is 22.4. The first-order chi connectivity index (χ1) is 16.8. The van der Waals surface area contributed by atoms with Crippen molar-refractivity contribution in [2.75, 3.05) is 80.0 Å². The van der Waals surface area contributed by atoms with Crippen molar-refractivity contribution in [1.29, 1.82) is 0 Å². The van der Waals surface area contributed by atoms with Crippen LogP contribution in [-0.2, 0) is 14.4 Å². The minimum atomic E-state index is -0.152. The Hall–Kier alpha value is -2.23. The second kappa shape index (κ2) is 22.2. The van der Waals surface area contributed by atoms with Crippen LogP contribution in [0.15, 0.2) is 25.3 Å². The molecule has 0 spiro atoms. The summed E-state index contributed by atoms with van der Waals surface area (Å²) in [6.07, 6.45) is 9.36. The third kappa shape index (κ3) is 22.0. The smallest absolute Gasteiger partial charge is 0.243 e. The molecule has 0 saturated heterocycles. The van der Waals surface area contributed by atoms with Crippen molar-refractivity contribution in [3.8, 4) is 0 Å². The molecule has 3 amide bonds. The number of nitrogens with zero attached hydrogens (tertiary/aromatic N) is 3. The minimum Gasteiger partial charge on any atom is -0.356 e. The van der Waals surface area contributed by atoms with E-state index in [0.29, 0.717) is 32.6 Å². The second-order valence-corrected chi connectivity index (χ2v) is 9.12. The van der Waals surface area contributed by atoms with Crippen LogP contribution >= 0.6 is 0 Å². The Morgan fingerprint density at radius 3 is 1.37 bits per heavy atom. The fourth-order valence-electron chi connectivity index (χ4n) is 3.50. The molecular formula is C26H50N6O3. The SMILES string of the molecule is C=CC(=O)NCCCN(C)CCCCCN(C)CCCNC(=O)CCN(C)CCCNC(=O)C=C. The van der Waals surface area contributed by atoms with Crippen molar-refractivity contribution in [1.82, 2.24) is 30.7 Å². The van der Waals surface area contributed by atoms with Crippen LogP contribution in [0.1, 0.15) is 44.9 Å². The van der Waals surface area contributed by atoms with Gasteiger partial charge in [-0.25, -0.2) is 0 Å². The number of carbonyl (C=O) groups excluding carboxylic acids is 3. The van der Waals surface area contributed by atoms with Crippen molar-refractivity contribution in [2.24, 2.45) is 0 Å². The number of rotatable bonds is 23. The monoisotopic (exact) mass is 494 g/mol. The maximum absolute atomic E-state index is 12.0. The molecule has 0 unspecified atom stereocenters. The lowest BCUT2D eigenvalue weighted by Gasteiger charge is -2.19. The molecule has 3 N–H and O–H groups in total. The first kappa shape index (κ1) is 32.8. The van der Waals surface area contributed by atoms with Crippen molar-refractivity contribution in [3.05, 3.63) is 25.3 Å². The molecule has 0 heterocycles. The van der Waals surface area contributed by atoms with Gasteiger partial charge in [0.15, 0.2) is 0 Å². The van der Waals surface area contributed by atoms with Gasteiger partial charge in [0.05, 0.1) is 0 Å². The molecule has 0 fully saturated rings. The maximum Gasteiger partial charge on any atom is 0.243 e. The largest absolute Gasteiger partial charge is 0.356 e. The van der Waals surface area contributed by atoms with E-state index in [1.807, 2.05) is 7.05 Å². The Bertz CT molecular complexity index is 614. The molecule has 9 heteroatoms. The lowest BCUT2D eigenvalue weighted by atomic mass is 10.2. The Morgan fingerprint density at radius 1 is 0.571 bits per heavy atom. The summed E-state index contributed by atoms with van der Waals surface area (Å²) >= 11 is 0. The van der Waals surface area contributed by atoms with Crippen molar-refractivity contribution >= 4 is 17.7 Å². The summed E-state index contributed by atoms with van der Waals surface area (Å²) < 4.78 is 0. The quantitative estimate of drug-likeness (QED) is 0.146. The zero-order valence-corrected chi connectivity index (χ0v) is 22.4. The van der Waals surface area contributed by atoms with E-state index < -0.39 is 0 Å². The number of amides is 3. The highest BCUT2D eigenvalue weighted by Crippen LogP contribution is 2.00. The van der Waals surface area contributed by atoms with Gasteiger partial charge in [0, 0.05) is 32.6 Å². The fraction of sp³-hybridized carbons (Fsp3) is 0.731. The molecule has 0 rings (SSSR count). The van der Waals surface area contributed by atoms with Crippen LogP contribution in [0.25, 0.3) is 0 Å². The average molecular weight is 495 g/mol. The van der Waals surface area contributed by atoms with Gasteiger partial charge in [0.2, 0.25) is 17.7 Å². The molecular weight excluding hydrogens is 444 g/mol. The Kier molecular flexibility index (Phi) is 20.8. The van der Waals surface area contributed by atoms with E-state index in [1.165, 1.54) is 31.4 Å². The van der Waals surface area contributed by atoms with Crippen LogP contribution in [0.5, 0.6) is 0 Å². The molecule has 0 aromatic carbocycles. The van der Waals surface area contributed by atoms with Gasteiger partial charge in [-0.1, -0.05) is 19.6 Å². The Balaban J connectivity index is 3.57. The van der Waals surface area contributed by atoms with Crippen LogP contribution in [-0.4, -0.2) is 112 Å². The Morgan fingerprint density at radius 2 is 0.943 bits per heavy atom. The highest BCUT2D eigenvalue weighted by Gasteiger charge is 2.05. The number of carbonyl (C=O) groups is 3. The van der Waals surface area contributed by atoms with Crippen LogP contribution < -0.4 is 16.0 Å². The highest BCUT2D eigenvalue weighted by molar-refractivity contribution is 5.87. The van der Waals surface area contributed by atoms with E-state index in [0.717, 1.165) is 52.0 Å². The van der Waals surface area contributed by atoms with Crippen molar-refractivity contribution < 1.29 is 14.4 Å². The van der Waals surface area contributed by atoms with Gasteiger partial charge in [0.25, 0.3) is 0 Å². The molecule has 0 aliphatic heterocycles. The number of hydrogen-bond acceptors (Lipinski definition) is 6.